The highest BCUT2D eigenvalue weighted by Gasteiger charge is 2.35. The van der Waals surface area contributed by atoms with E-state index in [0.717, 1.165) is 17.1 Å². The van der Waals surface area contributed by atoms with Gasteiger partial charge in [-0.05, 0) is 92.0 Å². The molecule has 10 rings (SSSR count). The van der Waals surface area contributed by atoms with Crippen molar-refractivity contribution in [3.63, 3.8) is 0 Å². The Balaban J connectivity index is 1.20. The first-order valence-electron chi connectivity index (χ1n) is 17.0. The fraction of sp³-hybridized carbons (Fsp3) is 0.0638. The molecule has 0 aliphatic heterocycles. The number of thiophene rings is 1. The highest BCUT2D eigenvalue weighted by molar-refractivity contribution is 7.26. The highest BCUT2D eigenvalue weighted by atomic mass is 32.1. The molecule has 0 spiro atoms. The summed E-state index contributed by atoms with van der Waals surface area (Å²) in [6, 6.07) is 60.6. The predicted molar refractivity (Wildman–Crippen MR) is 212 cm³/mol. The van der Waals surface area contributed by atoms with Crippen molar-refractivity contribution < 1.29 is 0 Å². The molecule has 0 N–H and O–H groups in total. The van der Waals surface area contributed by atoms with Crippen molar-refractivity contribution in [2.45, 2.75) is 19.3 Å². The van der Waals surface area contributed by atoms with Gasteiger partial charge in [-0.3, -0.25) is 0 Å². The number of anilines is 3. The molecular weight excluding hydrogens is 611 g/mol. The van der Waals surface area contributed by atoms with Gasteiger partial charge in [-0.25, -0.2) is 0 Å². The van der Waals surface area contributed by atoms with E-state index in [1.807, 2.05) is 11.3 Å². The van der Waals surface area contributed by atoms with E-state index in [1.54, 1.807) is 0 Å². The summed E-state index contributed by atoms with van der Waals surface area (Å²) in [6.45, 7) is 4.69. The molecule has 9 aromatic rings. The van der Waals surface area contributed by atoms with Crippen molar-refractivity contribution in [1.82, 2.24) is 0 Å². The minimum absolute atomic E-state index is 0.0373. The number of hydrogen-bond acceptors (Lipinski definition) is 2. The second-order valence-corrected chi connectivity index (χ2v) is 14.8. The predicted octanol–water partition coefficient (Wildman–Crippen LogP) is 13.8. The van der Waals surface area contributed by atoms with Gasteiger partial charge in [-0.2, -0.15) is 0 Å². The minimum atomic E-state index is -0.0373. The van der Waals surface area contributed by atoms with Crippen LogP contribution in [0.3, 0.4) is 0 Å². The van der Waals surface area contributed by atoms with Gasteiger partial charge < -0.3 is 4.90 Å². The van der Waals surface area contributed by atoms with Crippen LogP contribution in [-0.2, 0) is 5.41 Å². The number of fused-ring (bicyclic) bond motifs is 10. The van der Waals surface area contributed by atoms with Gasteiger partial charge in [0.2, 0.25) is 0 Å². The van der Waals surface area contributed by atoms with Crippen molar-refractivity contribution >= 4 is 70.1 Å². The van der Waals surface area contributed by atoms with Crippen LogP contribution in [0.4, 0.5) is 17.1 Å². The van der Waals surface area contributed by atoms with Crippen molar-refractivity contribution in [3.8, 4) is 22.3 Å². The molecule has 2 heteroatoms. The zero-order valence-corrected chi connectivity index (χ0v) is 28.3. The molecule has 0 fully saturated rings. The average Bonchev–Trinajstić information content (AvgIpc) is 3.64. The third-order valence-electron chi connectivity index (χ3n) is 10.6. The summed E-state index contributed by atoms with van der Waals surface area (Å²) in [5.74, 6) is 0. The molecule has 1 aromatic heterocycles. The Morgan fingerprint density at radius 1 is 0.449 bits per heavy atom. The van der Waals surface area contributed by atoms with Crippen molar-refractivity contribution in [3.05, 3.63) is 175 Å². The minimum Gasteiger partial charge on any atom is -0.310 e. The standard InChI is InChI=1S/C47H33NS/c1-47(2)42-17-8-6-15-38(42)41-29-36(23-26-43(41)47)48(34-14-10-13-32(27-34)30-11-4-3-5-12-30)35-22-25-37-33(28-35)20-19-31-21-24-40-39-16-7-9-18-44(39)49-46(40)45(31)37/h3-29H,1-2H3. The smallest absolute Gasteiger partial charge is 0.0468 e. The average molecular weight is 644 g/mol. The zero-order chi connectivity index (χ0) is 32.7. The molecule has 1 aliphatic carbocycles. The highest BCUT2D eigenvalue weighted by Crippen LogP contribution is 2.51. The molecule has 0 unspecified atom stereocenters. The van der Waals surface area contributed by atoms with Gasteiger partial charge in [0.1, 0.15) is 0 Å². The summed E-state index contributed by atoms with van der Waals surface area (Å²) >= 11 is 1.90. The van der Waals surface area contributed by atoms with E-state index in [1.165, 1.54) is 75.1 Å². The normalized spacial score (nSPS) is 13.3. The van der Waals surface area contributed by atoms with E-state index >= 15 is 0 Å². The van der Waals surface area contributed by atoms with Gasteiger partial charge in [0.25, 0.3) is 0 Å². The van der Waals surface area contributed by atoms with E-state index in [0.29, 0.717) is 0 Å². The third kappa shape index (κ3) is 4.31. The van der Waals surface area contributed by atoms with Crippen molar-refractivity contribution in [2.75, 3.05) is 4.90 Å². The van der Waals surface area contributed by atoms with Crippen LogP contribution in [0.1, 0.15) is 25.0 Å². The first kappa shape index (κ1) is 28.3. The Hall–Kier alpha value is -5.70. The molecular formula is C47H33NS. The number of nitrogens with zero attached hydrogens (tertiary/aromatic N) is 1. The molecule has 49 heavy (non-hydrogen) atoms. The largest absolute Gasteiger partial charge is 0.310 e. The second kappa shape index (κ2) is 10.7. The molecule has 0 atom stereocenters. The molecule has 1 nitrogen and oxygen atoms in total. The Bertz CT molecular complexity index is 2750. The van der Waals surface area contributed by atoms with Gasteiger partial charge in [0.15, 0.2) is 0 Å². The Morgan fingerprint density at radius 3 is 2.04 bits per heavy atom. The lowest BCUT2D eigenvalue weighted by atomic mass is 9.82. The first-order valence-corrected chi connectivity index (χ1v) is 17.8. The van der Waals surface area contributed by atoms with E-state index in [2.05, 4.69) is 183 Å². The second-order valence-electron chi connectivity index (χ2n) is 13.8. The number of benzene rings is 8. The van der Waals surface area contributed by atoms with Crippen molar-refractivity contribution in [2.24, 2.45) is 0 Å². The van der Waals surface area contributed by atoms with Gasteiger partial charge in [-0.1, -0.05) is 135 Å². The fourth-order valence-corrected chi connectivity index (χ4v) is 9.48. The van der Waals surface area contributed by atoms with E-state index in [4.69, 9.17) is 0 Å². The monoisotopic (exact) mass is 643 g/mol. The lowest BCUT2D eigenvalue weighted by molar-refractivity contribution is 0.660. The van der Waals surface area contributed by atoms with E-state index in [-0.39, 0.29) is 5.41 Å². The summed E-state index contributed by atoms with van der Waals surface area (Å²) in [7, 11) is 0. The van der Waals surface area contributed by atoms with Gasteiger partial charge in [0, 0.05) is 48.0 Å². The molecule has 0 radical (unpaired) electrons. The molecule has 232 valence electrons. The van der Waals surface area contributed by atoms with Crippen LogP contribution in [0.15, 0.2) is 164 Å². The van der Waals surface area contributed by atoms with Crippen LogP contribution >= 0.6 is 11.3 Å². The molecule has 0 saturated carbocycles. The third-order valence-corrected chi connectivity index (χ3v) is 11.8. The maximum atomic E-state index is 2.43. The molecule has 0 amide bonds. The maximum Gasteiger partial charge on any atom is 0.0468 e. The summed E-state index contributed by atoms with van der Waals surface area (Å²) in [5.41, 5.74) is 11.2. The molecule has 0 bridgehead atoms. The van der Waals surface area contributed by atoms with Crippen molar-refractivity contribution in [1.29, 1.82) is 0 Å². The van der Waals surface area contributed by atoms with Gasteiger partial charge in [0.05, 0.1) is 0 Å². The SMILES string of the molecule is CC1(C)c2ccccc2-c2cc(N(c3cccc(-c4ccccc4)c3)c3ccc4c(ccc5ccc6c7ccccc7sc6c54)c3)ccc21. The maximum absolute atomic E-state index is 2.43. The molecule has 0 saturated heterocycles. The quantitative estimate of drug-likeness (QED) is 0.173. The Labute approximate surface area is 290 Å². The Morgan fingerprint density at radius 2 is 1.12 bits per heavy atom. The summed E-state index contributed by atoms with van der Waals surface area (Å²) in [6.07, 6.45) is 0. The van der Waals surface area contributed by atoms with Gasteiger partial charge >= 0.3 is 0 Å². The zero-order valence-electron chi connectivity index (χ0n) is 27.4. The van der Waals surface area contributed by atoms with Crippen LogP contribution in [-0.4, -0.2) is 0 Å². The summed E-state index contributed by atoms with van der Waals surface area (Å²) < 4.78 is 2.70. The van der Waals surface area contributed by atoms with Crippen LogP contribution in [0.5, 0.6) is 0 Å². The summed E-state index contributed by atoms with van der Waals surface area (Å²) in [4.78, 5) is 2.43. The lowest BCUT2D eigenvalue weighted by Gasteiger charge is -2.28. The first-order chi connectivity index (χ1) is 24.0. The van der Waals surface area contributed by atoms with E-state index in [9.17, 15) is 0 Å². The summed E-state index contributed by atoms with van der Waals surface area (Å²) in [5, 5.41) is 7.84. The molecule has 1 heterocycles. The number of hydrogen-bond donors (Lipinski definition) is 0. The van der Waals surface area contributed by atoms with Crippen LogP contribution in [0.2, 0.25) is 0 Å². The van der Waals surface area contributed by atoms with E-state index < -0.39 is 0 Å². The molecule has 8 aromatic carbocycles. The van der Waals surface area contributed by atoms with Crippen LogP contribution in [0, 0.1) is 0 Å². The molecule has 1 aliphatic rings. The van der Waals surface area contributed by atoms with Gasteiger partial charge in [-0.15, -0.1) is 11.3 Å². The number of rotatable bonds is 4. The Kier molecular flexibility index (Phi) is 6.16. The van der Waals surface area contributed by atoms with Crippen LogP contribution < -0.4 is 4.90 Å². The topological polar surface area (TPSA) is 3.24 Å². The fourth-order valence-electron chi connectivity index (χ4n) is 8.20. The lowest BCUT2D eigenvalue weighted by Crippen LogP contribution is -2.15. The van der Waals surface area contributed by atoms with Crippen LogP contribution in [0.25, 0.3) is 64.0 Å².